The van der Waals surface area contributed by atoms with Gasteiger partial charge in [0.15, 0.2) is 0 Å². The topological polar surface area (TPSA) is 97.0 Å². The Morgan fingerprint density at radius 2 is 1.97 bits per heavy atom. The summed E-state index contributed by atoms with van der Waals surface area (Å²) in [6.45, 7) is 5.48. The maximum atomic E-state index is 13.4. The molecule has 11 heteroatoms. The molecule has 2 saturated carbocycles. The Morgan fingerprint density at radius 1 is 1.24 bits per heavy atom. The van der Waals surface area contributed by atoms with E-state index in [0.717, 1.165) is 25.8 Å². The van der Waals surface area contributed by atoms with Crippen molar-refractivity contribution in [1.82, 2.24) is 30.3 Å². The van der Waals surface area contributed by atoms with E-state index in [1.165, 1.54) is 0 Å². The van der Waals surface area contributed by atoms with E-state index < -0.39 is 15.3 Å². The van der Waals surface area contributed by atoms with Crippen molar-refractivity contribution in [2.75, 3.05) is 27.2 Å². The van der Waals surface area contributed by atoms with Gasteiger partial charge in [-0.15, -0.1) is 11.8 Å². The molecule has 5 unspecified atom stereocenters. The average Bonchev–Trinajstić information content (AvgIpc) is 3.07. The number of hydrazine groups is 1. The molecule has 3 N–H and O–H groups in total. The highest BCUT2D eigenvalue weighted by Gasteiger charge is 2.54. The van der Waals surface area contributed by atoms with Crippen molar-refractivity contribution in [3.8, 4) is 0 Å². The normalized spacial score (nSPS) is 36.7. The minimum Gasteiger partial charge on any atom is -0.318 e. The van der Waals surface area contributed by atoms with Gasteiger partial charge >= 0.3 is 6.03 Å². The summed E-state index contributed by atoms with van der Waals surface area (Å²) in [5.41, 5.74) is 5.95. The van der Waals surface area contributed by atoms with E-state index in [9.17, 15) is 13.2 Å². The molecule has 4 fully saturated rings. The minimum absolute atomic E-state index is 0.0166. The molecule has 2 amide bonds. The molecule has 0 bridgehead atoms. The number of urea groups is 1. The highest BCUT2D eigenvalue weighted by molar-refractivity contribution is 8.00. The molecule has 0 aromatic rings. The summed E-state index contributed by atoms with van der Waals surface area (Å²) in [7, 11) is 0.614. The molecular weight excluding hydrogens is 412 g/mol. The number of nitrogens with zero attached hydrogens (tertiary/aromatic N) is 3. The van der Waals surface area contributed by atoms with Gasteiger partial charge in [0.2, 0.25) is 10.0 Å². The molecule has 2 heterocycles. The second-order valence-electron chi connectivity index (χ2n) is 9.38. The van der Waals surface area contributed by atoms with Crippen LogP contribution in [0.2, 0.25) is 0 Å². The SMILES string of the molecule is CC1NNC(N2C(=O)N(CCN(C)C)C3CCC(S(=O)(=O)NC4(C)CC4)CC32)S1. The molecule has 0 spiro atoms. The van der Waals surface area contributed by atoms with Crippen LogP contribution in [0.1, 0.15) is 46.0 Å². The lowest BCUT2D eigenvalue weighted by Gasteiger charge is -2.37. The maximum Gasteiger partial charge on any atom is 0.322 e. The first-order valence-electron chi connectivity index (χ1n) is 10.5. The van der Waals surface area contributed by atoms with Gasteiger partial charge in [-0.05, 0) is 60.0 Å². The minimum atomic E-state index is -3.39. The van der Waals surface area contributed by atoms with Crippen LogP contribution in [0.25, 0.3) is 0 Å². The number of sulfonamides is 1. The van der Waals surface area contributed by atoms with Crippen molar-refractivity contribution in [1.29, 1.82) is 0 Å². The van der Waals surface area contributed by atoms with E-state index in [2.05, 4.69) is 20.5 Å². The zero-order valence-corrected chi connectivity index (χ0v) is 19.4. The molecule has 9 nitrogen and oxygen atoms in total. The predicted octanol–water partition coefficient (Wildman–Crippen LogP) is 0.518. The average molecular weight is 447 g/mol. The van der Waals surface area contributed by atoms with Crippen molar-refractivity contribution in [3.05, 3.63) is 0 Å². The van der Waals surface area contributed by atoms with Crippen molar-refractivity contribution in [3.63, 3.8) is 0 Å². The second kappa shape index (κ2) is 7.83. The van der Waals surface area contributed by atoms with Gasteiger partial charge in [-0.1, -0.05) is 0 Å². The number of rotatable bonds is 7. The summed E-state index contributed by atoms with van der Waals surface area (Å²) in [4.78, 5) is 19.3. The third-order valence-corrected chi connectivity index (χ3v) is 9.78. The molecule has 2 saturated heterocycles. The number of amides is 2. The lowest BCUT2D eigenvalue weighted by Crippen LogP contribution is -2.53. The Hall–Kier alpha value is -0.590. The molecule has 0 aromatic heterocycles. The first-order chi connectivity index (χ1) is 13.6. The summed E-state index contributed by atoms with van der Waals surface area (Å²) in [6, 6.07) is -0.00396. The second-order valence-corrected chi connectivity index (χ2v) is 12.8. The number of likely N-dealkylation sites (N-methyl/N-ethyl adjacent to an activating group) is 1. The van der Waals surface area contributed by atoms with Crippen LogP contribution in [-0.2, 0) is 10.0 Å². The van der Waals surface area contributed by atoms with E-state index in [-0.39, 0.29) is 34.5 Å². The van der Waals surface area contributed by atoms with Crippen LogP contribution in [-0.4, -0.2) is 90.1 Å². The number of carbonyl (C=O) groups excluding carboxylic acids is 1. The molecule has 4 aliphatic rings. The Labute approximate surface area is 178 Å². The quantitative estimate of drug-likeness (QED) is 0.525. The van der Waals surface area contributed by atoms with Gasteiger partial charge in [0, 0.05) is 18.6 Å². The van der Waals surface area contributed by atoms with Gasteiger partial charge in [-0.2, -0.15) is 0 Å². The van der Waals surface area contributed by atoms with E-state index in [4.69, 9.17) is 0 Å². The molecule has 0 aromatic carbocycles. The monoisotopic (exact) mass is 446 g/mol. The Kier molecular flexibility index (Phi) is 5.84. The van der Waals surface area contributed by atoms with Gasteiger partial charge in [0.1, 0.15) is 5.50 Å². The van der Waals surface area contributed by atoms with Gasteiger partial charge < -0.3 is 9.80 Å². The molecule has 0 radical (unpaired) electrons. The number of fused-ring (bicyclic) bond motifs is 1. The summed E-state index contributed by atoms with van der Waals surface area (Å²) >= 11 is 1.66. The number of hydrogen-bond acceptors (Lipinski definition) is 7. The van der Waals surface area contributed by atoms with E-state index >= 15 is 0 Å². The Morgan fingerprint density at radius 3 is 2.55 bits per heavy atom. The van der Waals surface area contributed by atoms with E-state index in [1.54, 1.807) is 11.8 Å². The van der Waals surface area contributed by atoms with E-state index in [0.29, 0.717) is 19.4 Å². The molecule has 166 valence electrons. The van der Waals surface area contributed by atoms with Crippen molar-refractivity contribution in [2.24, 2.45) is 0 Å². The van der Waals surface area contributed by atoms with Gasteiger partial charge in [0.25, 0.3) is 0 Å². The summed E-state index contributed by atoms with van der Waals surface area (Å²) in [5, 5.41) is -0.247. The van der Waals surface area contributed by atoms with Crippen LogP contribution in [0.4, 0.5) is 4.79 Å². The lowest BCUT2D eigenvalue weighted by atomic mass is 9.90. The highest BCUT2D eigenvalue weighted by Crippen LogP contribution is 2.41. The summed E-state index contributed by atoms with van der Waals surface area (Å²) in [5.74, 6) is 0. The van der Waals surface area contributed by atoms with E-state index in [1.807, 2.05) is 37.7 Å². The predicted molar refractivity (Wildman–Crippen MR) is 115 cm³/mol. The zero-order valence-electron chi connectivity index (χ0n) is 17.7. The molecule has 4 rings (SSSR count). The van der Waals surface area contributed by atoms with Gasteiger partial charge in [0.05, 0.1) is 22.7 Å². The van der Waals surface area contributed by atoms with Crippen LogP contribution in [0, 0.1) is 0 Å². The third-order valence-electron chi connectivity index (χ3n) is 6.57. The van der Waals surface area contributed by atoms with Crippen LogP contribution in [0.5, 0.6) is 0 Å². The van der Waals surface area contributed by atoms with Crippen LogP contribution < -0.4 is 15.6 Å². The summed E-state index contributed by atoms with van der Waals surface area (Å²) in [6.07, 6.45) is 3.63. The fraction of sp³-hybridized carbons (Fsp3) is 0.944. The van der Waals surface area contributed by atoms with Crippen LogP contribution in [0.15, 0.2) is 0 Å². The van der Waals surface area contributed by atoms with Crippen molar-refractivity contribution >= 4 is 27.8 Å². The maximum absolute atomic E-state index is 13.4. The first-order valence-corrected chi connectivity index (χ1v) is 13.0. The van der Waals surface area contributed by atoms with Crippen molar-refractivity contribution < 1.29 is 13.2 Å². The molecular formula is C18H34N6O3S2. The largest absolute Gasteiger partial charge is 0.322 e. The summed E-state index contributed by atoms with van der Waals surface area (Å²) < 4.78 is 29.0. The smallest absolute Gasteiger partial charge is 0.318 e. The lowest BCUT2D eigenvalue weighted by molar-refractivity contribution is 0.170. The number of carbonyl (C=O) groups is 1. The fourth-order valence-corrected chi connectivity index (χ4v) is 7.61. The number of nitrogens with one attached hydrogen (secondary N) is 3. The van der Waals surface area contributed by atoms with Crippen LogP contribution >= 0.6 is 11.8 Å². The highest BCUT2D eigenvalue weighted by atomic mass is 32.2. The van der Waals surface area contributed by atoms with Crippen molar-refractivity contribution in [2.45, 2.75) is 79.7 Å². The molecule has 29 heavy (non-hydrogen) atoms. The fourth-order valence-electron chi connectivity index (χ4n) is 4.61. The Bertz CT molecular complexity index is 744. The number of thioether (sulfide) groups is 1. The molecule has 5 atom stereocenters. The van der Waals surface area contributed by atoms with Gasteiger partial charge in [-0.3, -0.25) is 4.90 Å². The third kappa shape index (κ3) is 4.40. The van der Waals surface area contributed by atoms with Crippen LogP contribution in [0.3, 0.4) is 0 Å². The van der Waals surface area contributed by atoms with Gasteiger partial charge in [-0.25, -0.2) is 28.8 Å². The first kappa shape index (κ1) is 21.6. The molecule has 2 aliphatic heterocycles. The standard InChI is InChI=1S/C18H34N6O3S2/c1-12-19-20-16(28-12)24-15-11-13(29(26,27)21-18(2)7-8-18)5-6-14(15)23(17(24)25)10-9-22(3)4/h12-16,19-21H,5-11H2,1-4H3. The zero-order chi connectivity index (χ0) is 21.0. The number of hydrogen-bond donors (Lipinski definition) is 3. The molecule has 2 aliphatic carbocycles. The Balaban J connectivity index is 1.54.